The van der Waals surface area contributed by atoms with Gasteiger partial charge in [0.25, 0.3) is 0 Å². The van der Waals surface area contributed by atoms with E-state index in [1.54, 1.807) is 12.1 Å². The molecule has 0 aliphatic heterocycles. The largest absolute Gasteiger partial charge is 0.494 e. The Labute approximate surface area is 91.3 Å². The van der Waals surface area contributed by atoms with Crippen LogP contribution in [0.5, 0.6) is 5.75 Å². The quantitative estimate of drug-likeness (QED) is 0.527. The number of rotatable bonds is 6. The van der Waals surface area contributed by atoms with Gasteiger partial charge < -0.3 is 4.74 Å². The van der Waals surface area contributed by atoms with Gasteiger partial charge in [-0.2, -0.15) is 0 Å². The molecule has 0 amide bonds. The third kappa shape index (κ3) is 4.63. The van der Waals surface area contributed by atoms with Gasteiger partial charge >= 0.3 is 0 Å². The van der Waals surface area contributed by atoms with E-state index in [0.29, 0.717) is 5.56 Å². The molecule has 1 rings (SSSR count). The average Bonchev–Trinajstić information content (AvgIpc) is 2.24. The number of hydrogen-bond acceptors (Lipinski definition) is 2. The van der Waals surface area contributed by atoms with Crippen molar-refractivity contribution in [2.24, 2.45) is 5.92 Å². The average molecular weight is 206 g/mol. The molecule has 0 fully saturated rings. The molecule has 0 atom stereocenters. The number of carbonyl (C=O) groups is 1. The van der Waals surface area contributed by atoms with Crippen molar-refractivity contribution in [3.05, 3.63) is 29.8 Å². The van der Waals surface area contributed by atoms with Gasteiger partial charge in [-0.3, -0.25) is 4.79 Å². The monoisotopic (exact) mass is 206 g/mol. The lowest BCUT2D eigenvalue weighted by Crippen LogP contribution is -1.99. The zero-order chi connectivity index (χ0) is 11.1. The molecule has 0 saturated heterocycles. The lowest BCUT2D eigenvalue weighted by molar-refractivity contribution is 0.112. The van der Waals surface area contributed by atoms with Crippen LogP contribution in [-0.2, 0) is 0 Å². The lowest BCUT2D eigenvalue weighted by atomic mass is 10.1. The summed E-state index contributed by atoms with van der Waals surface area (Å²) in [5.41, 5.74) is 0.663. The third-order valence-electron chi connectivity index (χ3n) is 2.19. The van der Waals surface area contributed by atoms with Gasteiger partial charge in [0.15, 0.2) is 0 Å². The molecular weight excluding hydrogens is 188 g/mol. The summed E-state index contributed by atoms with van der Waals surface area (Å²) >= 11 is 0. The van der Waals surface area contributed by atoms with Crippen molar-refractivity contribution in [3.63, 3.8) is 0 Å². The van der Waals surface area contributed by atoms with E-state index in [1.807, 2.05) is 12.1 Å². The highest BCUT2D eigenvalue weighted by molar-refractivity contribution is 5.75. The summed E-state index contributed by atoms with van der Waals surface area (Å²) in [7, 11) is 0. The molecule has 1 aromatic rings. The van der Waals surface area contributed by atoms with Crippen LogP contribution in [0.15, 0.2) is 24.3 Å². The summed E-state index contributed by atoms with van der Waals surface area (Å²) in [6.07, 6.45) is 3.07. The smallest absolute Gasteiger partial charge is 0.150 e. The van der Waals surface area contributed by atoms with E-state index in [4.69, 9.17) is 4.74 Å². The minimum absolute atomic E-state index is 0.663. The second-order valence-electron chi connectivity index (χ2n) is 4.07. The molecule has 0 N–H and O–H groups in total. The molecule has 0 radical (unpaired) electrons. The number of hydrogen-bond donors (Lipinski definition) is 0. The van der Waals surface area contributed by atoms with Gasteiger partial charge in [0.2, 0.25) is 0 Å². The van der Waals surface area contributed by atoms with Crippen molar-refractivity contribution < 1.29 is 9.53 Å². The van der Waals surface area contributed by atoms with Gasteiger partial charge in [-0.25, -0.2) is 0 Å². The SMILES string of the molecule is CC(C)CCCOc1cccc(C=O)c1. The van der Waals surface area contributed by atoms with Crippen molar-refractivity contribution in [1.29, 1.82) is 0 Å². The molecular formula is C13H18O2. The minimum atomic E-state index is 0.663. The maximum atomic E-state index is 10.5. The second-order valence-corrected chi connectivity index (χ2v) is 4.07. The van der Waals surface area contributed by atoms with Crippen molar-refractivity contribution in [2.75, 3.05) is 6.61 Å². The Morgan fingerprint density at radius 2 is 2.20 bits per heavy atom. The highest BCUT2D eigenvalue weighted by Crippen LogP contribution is 2.13. The van der Waals surface area contributed by atoms with Crippen LogP contribution in [0, 0.1) is 5.92 Å². The van der Waals surface area contributed by atoms with Gasteiger partial charge in [-0.05, 0) is 30.9 Å². The summed E-state index contributed by atoms with van der Waals surface area (Å²) in [6.45, 7) is 5.13. The van der Waals surface area contributed by atoms with Gasteiger partial charge in [0.05, 0.1) is 6.61 Å². The maximum Gasteiger partial charge on any atom is 0.150 e. The van der Waals surface area contributed by atoms with Crippen LogP contribution < -0.4 is 4.74 Å². The molecule has 15 heavy (non-hydrogen) atoms. The molecule has 0 saturated carbocycles. The number of benzene rings is 1. The zero-order valence-electron chi connectivity index (χ0n) is 9.40. The molecule has 0 aliphatic rings. The summed E-state index contributed by atoms with van der Waals surface area (Å²) in [5, 5.41) is 0. The first-order valence-electron chi connectivity index (χ1n) is 5.40. The molecule has 0 aromatic heterocycles. The number of carbonyl (C=O) groups excluding carboxylic acids is 1. The standard InChI is InChI=1S/C13H18O2/c1-11(2)5-4-8-15-13-7-3-6-12(9-13)10-14/h3,6-7,9-11H,4-5,8H2,1-2H3. The number of ether oxygens (including phenoxy) is 1. The van der Waals surface area contributed by atoms with E-state index in [1.165, 1.54) is 6.42 Å². The highest BCUT2D eigenvalue weighted by atomic mass is 16.5. The normalized spacial score (nSPS) is 10.3. The molecule has 0 unspecified atom stereocenters. The third-order valence-corrected chi connectivity index (χ3v) is 2.19. The van der Waals surface area contributed by atoms with Crippen LogP contribution in [0.25, 0.3) is 0 Å². The Bertz CT molecular complexity index is 305. The lowest BCUT2D eigenvalue weighted by Gasteiger charge is -2.07. The van der Waals surface area contributed by atoms with Crippen molar-refractivity contribution in [2.45, 2.75) is 26.7 Å². The highest BCUT2D eigenvalue weighted by Gasteiger charge is 1.97. The topological polar surface area (TPSA) is 26.3 Å². The fourth-order valence-electron chi connectivity index (χ4n) is 1.36. The first-order valence-corrected chi connectivity index (χ1v) is 5.40. The van der Waals surface area contributed by atoms with Gasteiger partial charge in [-0.15, -0.1) is 0 Å². The Morgan fingerprint density at radius 3 is 2.87 bits per heavy atom. The van der Waals surface area contributed by atoms with Crippen LogP contribution >= 0.6 is 0 Å². The predicted molar refractivity (Wildman–Crippen MR) is 61.4 cm³/mol. The summed E-state index contributed by atoms with van der Waals surface area (Å²) in [6, 6.07) is 7.25. The van der Waals surface area contributed by atoms with E-state index >= 15 is 0 Å². The zero-order valence-corrected chi connectivity index (χ0v) is 9.40. The molecule has 0 spiro atoms. The van der Waals surface area contributed by atoms with E-state index < -0.39 is 0 Å². The Balaban J connectivity index is 2.34. The van der Waals surface area contributed by atoms with Crippen LogP contribution in [0.1, 0.15) is 37.0 Å². The fourth-order valence-corrected chi connectivity index (χ4v) is 1.36. The van der Waals surface area contributed by atoms with E-state index in [-0.39, 0.29) is 0 Å². The fraction of sp³-hybridized carbons (Fsp3) is 0.462. The number of aldehydes is 1. The Morgan fingerprint density at radius 1 is 1.40 bits per heavy atom. The van der Waals surface area contributed by atoms with Crippen LogP contribution in [-0.4, -0.2) is 12.9 Å². The molecule has 0 heterocycles. The maximum absolute atomic E-state index is 10.5. The summed E-state index contributed by atoms with van der Waals surface area (Å²) < 4.78 is 5.54. The van der Waals surface area contributed by atoms with E-state index in [0.717, 1.165) is 31.0 Å². The van der Waals surface area contributed by atoms with Crippen molar-refractivity contribution in [1.82, 2.24) is 0 Å². The molecule has 2 nitrogen and oxygen atoms in total. The van der Waals surface area contributed by atoms with Crippen molar-refractivity contribution in [3.8, 4) is 5.75 Å². The summed E-state index contributed by atoms with van der Waals surface area (Å²) in [5.74, 6) is 1.50. The molecule has 2 heteroatoms. The van der Waals surface area contributed by atoms with Gasteiger partial charge in [0.1, 0.15) is 12.0 Å². The van der Waals surface area contributed by atoms with E-state index in [2.05, 4.69) is 13.8 Å². The van der Waals surface area contributed by atoms with E-state index in [9.17, 15) is 4.79 Å². The first kappa shape index (κ1) is 11.8. The predicted octanol–water partition coefficient (Wildman–Crippen LogP) is 3.31. The van der Waals surface area contributed by atoms with Crippen LogP contribution in [0.3, 0.4) is 0 Å². The van der Waals surface area contributed by atoms with Crippen LogP contribution in [0.4, 0.5) is 0 Å². The Hall–Kier alpha value is -1.31. The molecule has 82 valence electrons. The summed E-state index contributed by atoms with van der Waals surface area (Å²) in [4.78, 5) is 10.5. The van der Waals surface area contributed by atoms with Crippen LogP contribution in [0.2, 0.25) is 0 Å². The van der Waals surface area contributed by atoms with Gasteiger partial charge in [0, 0.05) is 5.56 Å². The first-order chi connectivity index (χ1) is 7.22. The Kier molecular flexibility index (Phi) is 4.88. The van der Waals surface area contributed by atoms with Crippen molar-refractivity contribution >= 4 is 6.29 Å². The molecule has 1 aromatic carbocycles. The second kappa shape index (κ2) is 6.23. The molecule has 0 bridgehead atoms. The molecule has 0 aliphatic carbocycles. The minimum Gasteiger partial charge on any atom is -0.494 e. The van der Waals surface area contributed by atoms with Gasteiger partial charge in [-0.1, -0.05) is 26.0 Å².